The second kappa shape index (κ2) is 7.36. The van der Waals surface area contributed by atoms with Crippen LogP contribution in [0.2, 0.25) is 5.02 Å². The third kappa shape index (κ3) is 4.73. The third-order valence-electron chi connectivity index (χ3n) is 3.22. The zero-order valence-corrected chi connectivity index (χ0v) is 12.2. The predicted octanol–water partition coefficient (Wildman–Crippen LogP) is 2.72. The molecule has 0 saturated carbocycles. The minimum Gasteiger partial charge on any atom is -0.396 e. The molecule has 1 aromatic carbocycles. The second-order valence-electron chi connectivity index (χ2n) is 4.81. The molecule has 5 heteroatoms. The van der Waals surface area contributed by atoms with Gasteiger partial charge in [-0.2, -0.15) is 0 Å². The van der Waals surface area contributed by atoms with Gasteiger partial charge in [-0.25, -0.2) is 4.79 Å². The molecule has 3 unspecified atom stereocenters. The van der Waals surface area contributed by atoms with Gasteiger partial charge in [-0.15, -0.1) is 0 Å². The maximum absolute atomic E-state index is 11.8. The van der Waals surface area contributed by atoms with Gasteiger partial charge >= 0.3 is 6.03 Å². The highest BCUT2D eigenvalue weighted by molar-refractivity contribution is 6.31. The summed E-state index contributed by atoms with van der Waals surface area (Å²) >= 11 is 6.08. The van der Waals surface area contributed by atoms with Crippen LogP contribution in [0, 0.1) is 5.92 Å². The van der Waals surface area contributed by atoms with E-state index in [-0.39, 0.29) is 30.6 Å². The molecular formula is C14H21ClN2O2. The van der Waals surface area contributed by atoms with Gasteiger partial charge in [-0.3, -0.25) is 0 Å². The summed E-state index contributed by atoms with van der Waals surface area (Å²) < 4.78 is 0. The second-order valence-corrected chi connectivity index (χ2v) is 5.22. The first-order valence-corrected chi connectivity index (χ1v) is 6.75. The molecular weight excluding hydrogens is 264 g/mol. The zero-order valence-electron chi connectivity index (χ0n) is 11.5. The molecule has 0 aliphatic carbocycles. The Bertz CT molecular complexity index is 426. The lowest BCUT2D eigenvalue weighted by Crippen LogP contribution is -2.44. The number of halogens is 1. The highest BCUT2D eigenvalue weighted by Gasteiger charge is 2.16. The van der Waals surface area contributed by atoms with E-state index in [4.69, 9.17) is 16.7 Å². The molecule has 0 fully saturated rings. The summed E-state index contributed by atoms with van der Waals surface area (Å²) in [5.41, 5.74) is 0.877. The molecule has 0 spiro atoms. The van der Waals surface area contributed by atoms with Gasteiger partial charge in [-0.1, -0.05) is 36.7 Å². The fourth-order valence-electron chi connectivity index (χ4n) is 1.65. The number of aliphatic hydroxyl groups is 1. The summed E-state index contributed by atoms with van der Waals surface area (Å²) in [4.78, 5) is 11.8. The molecule has 0 radical (unpaired) electrons. The van der Waals surface area contributed by atoms with Crippen molar-refractivity contribution < 1.29 is 9.90 Å². The fraction of sp³-hybridized carbons (Fsp3) is 0.500. The van der Waals surface area contributed by atoms with Gasteiger partial charge in [0.2, 0.25) is 0 Å². The van der Waals surface area contributed by atoms with Crippen LogP contribution in [0.15, 0.2) is 24.3 Å². The predicted molar refractivity (Wildman–Crippen MR) is 77.2 cm³/mol. The standard InChI is InChI=1S/C14H21ClN2O2/c1-9(8-18)10(2)16-14(19)17-11(3)12-6-4-5-7-13(12)15/h4-7,9-11,18H,8H2,1-3H3,(H2,16,17,19). The van der Waals surface area contributed by atoms with Crippen LogP contribution in [0.3, 0.4) is 0 Å². The topological polar surface area (TPSA) is 61.4 Å². The van der Waals surface area contributed by atoms with Gasteiger partial charge in [-0.05, 0) is 31.4 Å². The average molecular weight is 285 g/mol. The van der Waals surface area contributed by atoms with E-state index in [0.29, 0.717) is 5.02 Å². The van der Waals surface area contributed by atoms with Gasteiger partial charge in [0.15, 0.2) is 0 Å². The Labute approximate surface area is 119 Å². The first kappa shape index (κ1) is 15.8. The van der Waals surface area contributed by atoms with Crippen molar-refractivity contribution in [2.75, 3.05) is 6.61 Å². The molecule has 1 rings (SSSR count). The Kier molecular flexibility index (Phi) is 6.12. The van der Waals surface area contributed by atoms with Gasteiger partial charge in [0, 0.05) is 17.7 Å². The Morgan fingerprint density at radius 3 is 2.47 bits per heavy atom. The Balaban J connectivity index is 2.55. The number of hydrogen-bond donors (Lipinski definition) is 3. The van der Waals surface area contributed by atoms with E-state index in [2.05, 4.69) is 10.6 Å². The zero-order chi connectivity index (χ0) is 14.4. The summed E-state index contributed by atoms with van der Waals surface area (Å²) in [6.07, 6.45) is 0. The van der Waals surface area contributed by atoms with Crippen LogP contribution in [0.25, 0.3) is 0 Å². The number of aliphatic hydroxyl groups excluding tert-OH is 1. The third-order valence-corrected chi connectivity index (χ3v) is 3.56. The van der Waals surface area contributed by atoms with Crippen LogP contribution in [0.5, 0.6) is 0 Å². The first-order chi connectivity index (χ1) is 8.95. The highest BCUT2D eigenvalue weighted by atomic mass is 35.5. The first-order valence-electron chi connectivity index (χ1n) is 6.38. The largest absolute Gasteiger partial charge is 0.396 e. The summed E-state index contributed by atoms with van der Waals surface area (Å²) in [5, 5.41) is 15.3. The molecule has 1 aromatic rings. The number of hydrogen-bond acceptors (Lipinski definition) is 2. The molecule has 0 heterocycles. The number of urea groups is 1. The average Bonchev–Trinajstić information content (AvgIpc) is 2.37. The molecule has 0 bridgehead atoms. The van der Waals surface area contributed by atoms with Gasteiger partial charge in [0.1, 0.15) is 0 Å². The monoisotopic (exact) mass is 284 g/mol. The Hall–Kier alpha value is -1.26. The number of benzene rings is 1. The van der Waals surface area contributed by atoms with Crippen molar-refractivity contribution in [1.82, 2.24) is 10.6 Å². The Morgan fingerprint density at radius 2 is 1.89 bits per heavy atom. The van der Waals surface area contributed by atoms with E-state index >= 15 is 0 Å². The lowest BCUT2D eigenvalue weighted by Gasteiger charge is -2.22. The molecule has 0 saturated heterocycles. The molecule has 0 aliphatic rings. The Morgan fingerprint density at radius 1 is 1.26 bits per heavy atom. The summed E-state index contributed by atoms with van der Waals surface area (Å²) in [5.74, 6) is 0.0152. The van der Waals surface area contributed by atoms with E-state index < -0.39 is 0 Å². The maximum atomic E-state index is 11.8. The van der Waals surface area contributed by atoms with Gasteiger partial charge in [0.05, 0.1) is 6.04 Å². The van der Waals surface area contributed by atoms with Crippen LogP contribution in [0.1, 0.15) is 32.4 Å². The smallest absolute Gasteiger partial charge is 0.315 e. The van der Waals surface area contributed by atoms with Crippen molar-refractivity contribution in [1.29, 1.82) is 0 Å². The van der Waals surface area contributed by atoms with Crippen molar-refractivity contribution in [3.8, 4) is 0 Å². The normalized spacial score (nSPS) is 15.4. The molecule has 19 heavy (non-hydrogen) atoms. The van der Waals surface area contributed by atoms with E-state index in [1.165, 1.54) is 0 Å². The molecule has 106 valence electrons. The number of amides is 2. The van der Waals surface area contributed by atoms with Crippen LogP contribution in [-0.2, 0) is 0 Å². The quantitative estimate of drug-likeness (QED) is 0.778. The highest BCUT2D eigenvalue weighted by Crippen LogP contribution is 2.21. The van der Waals surface area contributed by atoms with Crippen LogP contribution < -0.4 is 10.6 Å². The fourth-order valence-corrected chi connectivity index (χ4v) is 1.95. The van der Waals surface area contributed by atoms with Crippen molar-refractivity contribution in [3.05, 3.63) is 34.9 Å². The number of carbonyl (C=O) groups excluding carboxylic acids is 1. The van der Waals surface area contributed by atoms with Crippen LogP contribution >= 0.6 is 11.6 Å². The van der Waals surface area contributed by atoms with E-state index in [1.807, 2.05) is 39.0 Å². The number of nitrogens with one attached hydrogen (secondary N) is 2. The molecule has 0 aromatic heterocycles. The van der Waals surface area contributed by atoms with Crippen molar-refractivity contribution in [3.63, 3.8) is 0 Å². The number of carbonyl (C=O) groups is 1. The molecule has 2 amide bonds. The minimum atomic E-state index is -0.264. The van der Waals surface area contributed by atoms with E-state index in [9.17, 15) is 4.79 Å². The molecule has 3 atom stereocenters. The van der Waals surface area contributed by atoms with Crippen molar-refractivity contribution >= 4 is 17.6 Å². The maximum Gasteiger partial charge on any atom is 0.315 e. The molecule has 0 aliphatic heterocycles. The van der Waals surface area contributed by atoms with E-state index in [0.717, 1.165) is 5.56 Å². The summed E-state index contributed by atoms with van der Waals surface area (Å²) in [6.45, 7) is 5.66. The number of rotatable bonds is 5. The SMILES string of the molecule is CC(NC(=O)NC(C)C(C)CO)c1ccccc1Cl. The van der Waals surface area contributed by atoms with E-state index in [1.54, 1.807) is 6.07 Å². The van der Waals surface area contributed by atoms with Crippen molar-refractivity contribution in [2.45, 2.75) is 32.9 Å². The van der Waals surface area contributed by atoms with Crippen LogP contribution in [-0.4, -0.2) is 23.8 Å². The van der Waals surface area contributed by atoms with Crippen LogP contribution in [0.4, 0.5) is 4.79 Å². The minimum absolute atomic E-state index is 0.0152. The molecule has 3 N–H and O–H groups in total. The van der Waals surface area contributed by atoms with Gasteiger partial charge in [0.25, 0.3) is 0 Å². The van der Waals surface area contributed by atoms with Gasteiger partial charge < -0.3 is 15.7 Å². The summed E-state index contributed by atoms with van der Waals surface area (Å²) in [6, 6.07) is 6.88. The lowest BCUT2D eigenvalue weighted by atomic mass is 10.1. The lowest BCUT2D eigenvalue weighted by molar-refractivity contribution is 0.199. The molecule has 4 nitrogen and oxygen atoms in total. The van der Waals surface area contributed by atoms with Crippen molar-refractivity contribution in [2.24, 2.45) is 5.92 Å². The summed E-state index contributed by atoms with van der Waals surface area (Å²) in [7, 11) is 0.